The van der Waals surface area contributed by atoms with Crippen LogP contribution in [-0.4, -0.2) is 43.0 Å². The molecule has 2 rings (SSSR count). The van der Waals surface area contributed by atoms with E-state index in [2.05, 4.69) is 6.58 Å². The van der Waals surface area contributed by atoms with Gasteiger partial charge in [0.2, 0.25) is 6.29 Å². The highest BCUT2D eigenvalue weighted by Crippen LogP contribution is 2.49. The molecular weight excluding hydrogens is 292 g/mol. The van der Waals surface area contributed by atoms with Crippen LogP contribution in [0, 0.1) is 11.3 Å². The molecule has 0 aliphatic carbocycles. The third-order valence-corrected chi connectivity index (χ3v) is 3.95. The van der Waals surface area contributed by atoms with Crippen LogP contribution < -0.4 is 0 Å². The van der Waals surface area contributed by atoms with Gasteiger partial charge in [0.05, 0.1) is 5.92 Å². The van der Waals surface area contributed by atoms with Gasteiger partial charge in [-0.15, -0.1) is 0 Å². The fourth-order valence-electron chi connectivity index (χ4n) is 2.69. The Hall–Kier alpha value is -1.89. The standard InChI is InChI=1S/C15H20O7/c1-7(2)12(17)19-6-9(16)21-14-15(4,5)10-11(22-14)8(3)20-13(10)18/h8,10-11,14H,1,6H2,2-5H3. The Balaban J connectivity index is 1.96. The second kappa shape index (κ2) is 5.72. The number of ether oxygens (including phenoxy) is 4. The first-order valence-electron chi connectivity index (χ1n) is 7.02. The fraction of sp³-hybridized carbons (Fsp3) is 0.667. The van der Waals surface area contributed by atoms with E-state index in [9.17, 15) is 14.4 Å². The summed E-state index contributed by atoms with van der Waals surface area (Å²) in [6, 6.07) is 0. The Morgan fingerprint density at radius 1 is 1.36 bits per heavy atom. The quantitative estimate of drug-likeness (QED) is 0.434. The second-order valence-corrected chi connectivity index (χ2v) is 6.22. The maximum Gasteiger partial charge on any atom is 0.346 e. The number of cyclic esters (lactones) is 1. The van der Waals surface area contributed by atoms with Gasteiger partial charge in [-0.25, -0.2) is 9.59 Å². The molecular formula is C15H20O7. The summed E-state index contributed by atoms with van der Waals surface area (Å²) >= 11 is 0. The Morgan fingerprint density at radius 3 is 2.55 bits per heavy atom. The van der Waals surface area contributed by atoms with E-state index in [0.29, 0.717) is 0 Å². The lowest BCUT2D eigenvalue weighted by atomic mass is 9.78. The molecule has 0 aromatic carbocycles. The monoisotopic (exact) mass is 312 g/mol. The first-order chi connectivity index (χ1) is 10.1. The molecule has 7 heteroatoms. The van der Waals surface area contributed by atoms with E-state index in [4.69, 9.17) is 18.9 Å². The SMILES string of the molecule is C=C(C)C(=O)OCC(=O)OC1OC2C(C)OC(=O)C2C1(C)C. The molecule has 0 aromatic rings. The van der Waals surface area contributed by atoms with Crippen LogP contribution in [0.3, 0.4) is 0 Å². The maximum atomic E-state index is 11.9. The Labute approximate surface area is 128 Å². The average Bonchev–Trinajstić information content (AvgIpc) is 2.83. The van der Waals surface area contributed by atoms with E-state index < -0.39 is 42.3 Å². The first kappa shape index (κ1) is 16.5. The topological polar surface area (TPSA) is 88.1 Å². The molecule has 7 nitrogen and oxygen atoms in total. The van der Waals surface area contributed by atoms with Crippen molar-refractivity contribution in [2.45, 2.75) is 46.2 Å². The highest BCUT2D eigenvalue weighted by atomic mass is 16.7. The first-order valence-corrected chi connectivity index (χ1v) is 7.02. The zero-order valence-electron chi connectivity index (χ0n) is 13.1. The van der Waals surface area contributed by atoms with Crippen LogP contribution in [0.4, 0.5) is 0 Å². The molecule has 4 unspecified atom stereocenters. The smallest absolute Gasteiger partial charge is 0.346 e. The molecule has 2 aliphatic rings. The minimum atomic E-state index is -0.895. The molecule has 22 heavy (non-hydrogen) atoms. The van der Waals surface area contributed by atoms with Crippen molar-refractivity contribution >= 4 is 17.9 Å². The molecule has 122 valence electrons. The van der Waals surface area contributed by atoms with Gasteiger partial charge in [0, 0.05) is 11.0 Å². The minimum Gasteiger partial charge on any atom is -0.460 e. The molecule has 0 saturated carbocycles. The molecule has 0 bridgehead atoms. The zero-order valence-corrected chi connectivity index (χ0v) is 13.1. The Bertz CT molecular complexity index is 522. The maximum absolute atomic E-state index is 11.9. The molecule has 2 fully saturated rings. The van der Waals surface area contributed by atoms with Crippen molar-refractivity contribution in [3.8, 4) is 0 Å². The molecule has 0 N–H and O–H groups in total. The van der Waals surface area contributed by atoms with Crippen molar-refractivity contribution in [1.29, 1.82) is 0 Å². The van der Waals surface area contributed by atoms with E-state index in [-0.39, 0.29) is 17.6 Å². The van der Waals surface area contributed by atoms with Gasteiger partial charge in [0.1, 0.15) is 12.2 Å². The normalized spacial score (nSPS) is 32.1. The van der Waals surface area contributed by atoms with Gasteiger partial charge >= 0.3 is 17.9 Å². The van der Waals surface area contributed by atoms with Crippen LogP contribution in [0.1, 0.15) is 27.7 Å². The lowest BCUT2D eigenvalue weighted by Crippen LogP contribution is -2.37. The Morgan fingerprint density at radius 2 is 2.00 bits per heavy atom. The van der Waals surface area contributed by atoms with Crippen LogP contribution in [0.2, 0.25) is 0 Å². The number of rotatable bonds is 4. The predicted molar refractivity (Wildman–Crippen MR) is 73.4 cm³/mol. The van der Waals surface area contributed by atoms with Crippen LogP contribution >= 0.6 is 0 Å². The third kappa shape index (κ3) is 2.85. The summed E-state index contributed by atoms with van der Waals surface area (Å²) in [5, 5.41) is 0. The lowest BCUT2D eigenvalue weighted by Gasteiger charge is -2.27. The molecule has 2 aliphatic heterocycles. The second-order valence-electron chi connectivity index (χ2n) is 6.22. The summed E-state index contributed by atoms with van der Waals surface area (Å²) in [7, 11) is 0. The van der Waals surface area contributed by atoms with E-state index in [1.54, 1.807) is 20.8 Å². The molecule has 0 spiro atoms. The van der Waals surface area contributed by atoms with Crippen molar-refractivity contribution in [1.82, 2.24) is 0 Å². The van der Waals surface area contributed by atoms with E-state index in [0.717, 1.165) is 0 Å². The van der Waals surface area contributed by atoms with Gasteiger partial charge in [-0.3, -0.25) is 4.79 Å². The highest BCUT2D eigenvalue weighted by Gasteiger charge is 2.62. The third-order valence-electron chi connectivity index (χ3n) is 3.95. The molecule has 4 atom stereocenters. The van der Waals surface area contributed by atoms with Crippen LogP contribution in [0.25, 0.3) is 0 Å². The summed E-state index contributed by atoms with van der Waals surface area (Å²) in [5.74, 6) is -2.25. The van der Waals surface area contributed by atoms with Gasteiger partial charge < -0.3 is 18.9 Å². The van der Waals surface area contributed by atoms with Crippen LogP contribution in [-0.2, 0) is 33.3 Å². The highest BCUT2D eigenvalue weighted by molar-refractivity contribution is 5.88. The largest absolute Gasteiger partial charge is 0.460 e. The van der Waals surface area contributed by atoms with E-state index in [1.165, 1.54) is 6.92 Å². The summed E-state index contributed by atoms with van der Waals surface area (Å²) in [4.78, 5) is 34.9. The van der Waals surface area contributed by atoms with Crippen molar-refractivity contribution in [2.75, 3.05) is 6.61 Å². The summed E-state index contributed by atoms with van der Waals surface area (Å²) in [5.41, 5.74) is -0.531. The van der Waals surface area contributed by atoms with Crippen molar-refractivity contribution in [3.63, 3.8) is 0 Å². The van der Waals surface area contributed by atoms with Crippen molar-refractivity contribution in [2.24, 2.45) is 11.3 Å². The van der Waals surface area contributed by atoms with E-state index >= 15 is 0 Å². The van der Waals surface area contributed by atoms with Gasteiger partial charge in [-0.05, 0) is 13.8 Å². The number of esters is 3. The number of carbonyl (C=O) groups excluding carboxylic acids is 3. The number of fused-ring (bicyclic) bond motifs is 1. The molecule has 2 heterocycles. The van der Waals surface area contributed by atoms with Crippen LogP contribution in [0.5, 0.6) is 0 Å². The number of hydrogen-bond donors (Lipinski definition) is 0. The fourth-order valence-corrected chi connectivity index (χ4v) is 2.69. The molecule has 0 amide bonds. The van der Waals surface area contributed by atoms with Gasteiger partial charge in [-0.2, -0.15) is 0 Å². The average molecular weight is 312 g/mol. The molecule has 2 saturated heterocycles. The van der Waals surface area contributed by atoms with E-state index in [1.807, 2.05) is 0 Å². The minimum absolute atomic E-state index is 0.191. The number of hydrogen-bond acceptors (Lipinski definition) is 7. The molecule has 0 aromatic heterocycles. The van der Waals surface area contributed by atoms with Crippen molar-refractivity contribution in [3.05, 3.63) is 12.2 Å². The molecule has 0 radical (unpaired) electrons. The Kier molecular flexibility index (Phi) is 4.28. The summed E-state index contributed by atoms with van der Waals surface area (Å²) in [6.07, 6.45) is -1.73. The van der Waals surface area contributed by atoms with Crippen molar-refractivity contribution < 1.29 is 33.3 Å². The van der Waals surface area contributed by atoms with Gasteiger partial charge in [-0.1, -0.05) is 20.4 Å². The predicted octanol–water partition coefficient (Wildman–Crippen LogP) is 0.961. The summed E-state index contributed by atoms with van der Waals surface area (Å²) in [6.45, 7) is 9.64. The van der Waals surface area contributed by atoms with Gasteiger partial charge in [0.15, 0.2) is 6.61 Å². The summed E-state index contributed by atoms with van der Waals surface area (Å²) < 4.78 is 20.7. The van der Waals surface area contributed by atoms with Gasteiger partial charge in [0.25, 0.3) is 0 Å². The lowest BCUT2D eigenvalue weighted by molar-refractivity contribution is -0.202. The van der Waals surface area contributed by atoms with Crippen LogP contribution in [0.15, 0.2) is 12.2 Å². The zero-order chi connectivity index (χ0) is 16.7. The number of carbonyl (C=O) groups is 3.